The van der Waals surface area contributed by atoms with Gasteiger partial charge in [0.25, 0.3) is 0 Å². The zero-order valence-electron chi connectivity index (χ0n) is 17.4. The van der Waals surface area contributed by atoms with Crippen LogP contribution in [0.5, 0.6) is 0 Å². The molecule has 0 bridgehead atoms. The van der Waals surface area contributed by atoms with Crippen molar-refractivity contribution >= 4 is 23.2 Å². The molecule has 0 atom stereocenters. The monoisotopic (exact) mass is 417 g/mol. The van der Waals surface area contributed by atoms with Gasteiger partial charge >= 0.3 is 5.97 Å². The summed E-state index contributed by atoms with van der Waals surface area (Å²) in [6, 6.07) is 12.1. The van der Waals surface area contributed by atoms with Crippen LogP contribution in [0.15, 0.2) is 59.9 Å². The Morgan fingerprint density at radius 3 is 2.74 bits per heavy atom. The number of guanidine groups is 1. The minimum absolute atomic E-state index is 0.132. The number of aliphatic imine (C=N–C) groups is 1. The molecule has 0 radical (unpaired) electrons. The molecule has 1 heterocycles. The molecule has 1 aromatic carbocycles. The molecular weight excluding hydrogens is 390 g/mol. The molecule has 0 spiro atoms. The molecule has 160 valence electrons. The predicted octanol–water partition coefficient (Wildman–Crippen LogP) is 4.31. The zero-order chi connectivity index (χ0) is 22.1. The van der Waals surface area contributed by atoms with Crippen LogP contribution in [0.1, 0.15) is 56.1 Å². The Balaban J connectivity index is 1.98. The lowest BCUT2D eigenvalue weighted by molar-refractivity contribution is -0.137. The Hall–Kier alpha value is -3.66. The van der Waals surface area contributed by atoms with Gasteiger partial charge in [-0.25, -0.2) is 0 Å². The number of allylic oxidation sites excluding steroid dienone is 1. The van der Waals surface area contributed by atoms with Crippen molar-refractivity contribution in [2.24, 2.45) is 10.7 Å². The fourth-order valence-electron chi connectivity index (χ4n) is 4.05. The zero-order valence-corrected chi connectivity index (χ0v) is 17.4. The van der Waals surface area contributed by atoms with Crippen LogP contribution < -0.4 is 10.6 Å². The summed E-state index contributed by atoms with van der Waals surface area (Å²) in [7, 11) is 0. The summed E-state index contributed by atoms with van der Waals surface area (Å²) < 4.78 is 0. The van der Waals surface area contributed by atoms with E-state index >= 15 is 0 Å². The molecule has 0 unspecified atom stereocenters. The largest absolute Gasteiger partial charge is 0.481 e. The number of nitriles is 1. The minimum Gasteiger partial charge on any atom is -0.481 e. The van der Waals surface area contributed by atoms with Crippen molar-refractivity contribution in [1.29, 1.82) is 5.26 Å². The van der Waals surface area contributed by atoms with E-state index in [0.717, 1.165) is 48.1 Å². The van der Waals surface area contributed by atoms with Crippen LogP contribution in [0.4, 0.5) is 5.69 Å². The van der Waals surface area contributed by atoms with Crippen molar-refractivity contribution < 1.29 is 9.90 Å². The summed E-state index contributed by atoms with van der Waals surface area (Å²) in [6.45, 7) is 0. The summed E-state index contributed by atoms with van der Waals surface area (Å²) in [4.78, 5) is 20.9. The lowest BCUT2D eigenvalue weighted by atomic mass is 9.96. The summed E-state index contributed by atoms with van der Waals surface area (Å²) in [5, 5.41) is 18.0. The van der Waals surface area contributed by atoms with Gasteiger partial charge in [0.1, 0.15) is 0 Å². The van der Waals surface area contributed by atoms with Gasteiger partial charge in [-0.1, -0.05) is 37.1 Å². The summed E-state index contributed by atoms with van der Waals surface area (Å²) in [5.74, 6) is -0.585. The highest BCUT2D eigenvalue weighted by atomic mass is 16.4. The fraction of sp³-hybridized carbons (Fsp3) is 0.333. The highest BCUT2D eigenvalue weighted by molar-refractivity contribution is 5.96. The molecule has 1 aromatic heterocycles. The van der Waals surface area contributed by atoms with Crippen molar-refractivity contribution in [3.05, 3.63) is 66.0 Å². The normalized spacial score (nSPS) is 14.9. The van der Waals surface area contributed by atoms with E-state index in [0.29, 0.717) is 12.8 Å². The average Bonchev–Trinajstić information content (AvgIpc) is 3.29. The number of unbranched alkanes of at least 4 members (excludes halogenated alkanes) is 1. The Bertz CT molecular complexity index is 989. The quantitative estimate of drug-likeness (QED) is 0.286. The number of aromatic nitrogens is 1. The van der Waals surface area contributed by atoms with Crippen LogP contribution in [0.3, 0.4) is 0 Å². The van der Waals surface area contributed by atoms with Crippen molar-refractivity contribution in [3.63, 3.8) is 0 Å². The first-order valence-electron chi connectivity index (χ1n) is 10.5. The van der Waals surface area contributed by atoms with Crippen LogP contribution in [0, 0.1) is 11.5 Å². The SMILES string of the molecule is N#CN=C(N)N(c1cccc(C(=CCCCC(=O)O)c2cccnc2)c1)C1CCCC1. The number of benzene rings is 1. The number of aliphatic carboxylic acids is 1. The topological polar surface area (TPSA) is 116 Å². The number of carboxylic acid groups (broad SMARTS) is 1. The number of nitrogens with two attached hydrogens (primary N) is 1. The minimum atomic E-state index is -0.794. The Morgan fingerprint density at radius 2 is 2.06 bits per heavy atom. The maximum atomic E-state index is 10.9. The first-order valence-corrected chi connectivity index (χ1v) is 10.5. The second-order valence-electron chi connectivity index (χ2n) is 7.57. The van der Waals surface area contributed by atoms with Crippen LogP contribution in [-0.2, 0) is 4.79 Å². The summed E-state index contributed by atoms with van der Waals surface area (Å²) in [5.41, 5.74) is 10.00. The lowest BCUT2D eigenvalue weighted by Crippen LogP contribution is -2.43. The highest BCUT2D eigenvalue weighted by Gasteiger charge is 2.26. The van der Waals surface area contributed by atoms with Crippen LogP contribution >= 0.6 is 0 Å². The highest BCUT2D eigenvalue weighted by Crippen LogP contribution is 2.32. The van der Waals surface area contributed by atoms with Gasteiger partial charge in [0, 0.05) is 36.1 Å². The van der Waals surface area contributed by atoms with E-state index in [1.165, 1.54) is 0 Å². The molecule has 0 amide bonds. The smallest absolute Gasteiger partial charge is 0.303 e. The second-order valence-corrected chi connectivity index (χ2v) is 7.57. The maximum absolute atomic E-state index is 10.9. The van der Waals surface area contributed by atoms with E-state index in [4.69, 9.17) is 16.1 Å². The number of carboxylic acids is 1. The predicted molar refractivity (Wildman–Crippen MR) is 121 cm³/mol. The first kappa shape index (κ1) is 22.0. The van der Waals surface area contributed by atoms with Gasteiger partial charge in [-0.2, -0.15) is 5.26 Å². The van der Waals surface area contributed by atoms with E-state index < -0.39 is 5.97 Å². The molecule has 31 heavy (non-hydrogen) atoms. The fourth-order valence-corrected chi connectivity index (χ4v) is 4.05. The van der Waals surface area contributed by atoms with E-state index in [1.807, 2.05) is 41.3 Å². The van der Waals surface area contributed by atoms with Gasteiger partial charge in [0.05, 0.1) is 0 Å². The molecular formula is C24H27N5O2. The molecule has 3 rings (SSSR count). The van der Waals surface area contributed by atoms with Gasteiger partial charge in [0.15, 0.2) is 0 Å². The van der Waals surface area contributed by atoms with Crippen LogP contribution in [0.2, 0.25) is 0 Å². The van der Waals surface area contributed by atoms with E-state index in [2.05, 4.69) is 16.1 Å². The number of rotatable bonds is 8. The third-order valence-electron chi connectivity index (χ3n) is 5.45. The van der Waals surface area contributed by atoms with E-state index in [1.54, 1.807) is 18.6 Å². The third kappa shape index (κ3) is 5.92. The Kier molecular flexibility index (Phi) is 7.77. The third-order valence-corrected chi connectivity index (χ3v) is 5.45. The van der Waals surface area contributed by atoms with Gasteiger partial charge in [-0.3, -0.25) is 9.78 Å². The number of pyridine rings is 1. The van der Waals surface area contributed by atoms with Crippen molar-refractivity contribution in [1.82, 2.24) is 4.98 Å². The molecule has 2 aromatic rings. The lowest BCUT2D eigenvalue weighted by Gasteiger charge is -2.30. The van der Waals surface area contributed by atoms with Crippen LogP contribution in [-0.4, -0.2) is 28.1 Å². The number of nitrogens with zero attached hydrogens (tertiary/aromatic N) is 4. The number of hydrogen-bond donors (Lipinski definition) is 2. The number of carbonyl (C=O) groups is 1. The van der Waals surface area contributed by atoms with Gasteiger partial charge in [-0.15, -0.1) is 4.99 Å². The average molecular weight is 418 g/mol. The van der Waals surface area contributed by atoms with Crippen molar-refractivity contribution in [2.45, 2.75) is 51.0 Å². The Morgan fingerprint density at radius 1 is 1.29 bits per heavy atom. The molecule has 1 fully saturated rings. The van der Waals surface area contributed by atoms with E-state index in [9.17, 15) is 4.79 Å². The molecule has 7 nitrogen and oxygen atoms in total. The molecule has 0 saturated heterocycles. The Labute approximate surface area is 182 Å². The summed E-state index contributed by atoms with van der Waals surface area (Å²) in [6.07, 6.45) is 13.0. The number of hydrogen-bond acceptors (Lipinski definition) is 4. The molecule has 0 aliphatic heterocycles. The standard InChI is InChI=1S/C24H27N5O2/c25-17-28-24(26)29(20-9-1-2-10-20)21-11-5-7-18(15-21)22(12-3-4-13-23(30)31)19-8-6-14-27-16-19/h5-8,11-12,14-16,20H,1-4,9-10,13H2,(H2,26,28)(H,30,31). The van der Waals surface area contributed by atoms with Gasteiger partial charge in [0.2, 0.25) is 12.2 Å². The van der Waals surface area contributed by atoms with Crippen LogP contribution in [0.25, 0.3) is 5.57 Å². The van der Waals surface area contributed by atoms with Gasteiger partial charge in [-0.05, 0) is 55.0 Å². The molecule has 3 N–H and O–H groups in total. The molecule has 1 saturated carbocycles. The number of anilines is 1. The molecule has 1 aliphatic rings. The van der Waals surface area contributed by atoms with E-state index in [-0.39, 0.29) is 18.4 Å². The second kappa shape index (κ2) is 10.9. The van der Waals surface area contributed by atoms with Crippen molar-refractivity contribution in [2.75, 3.05) is 4.90 Å². The molecule has 7 heteroatoms. The van der Waals surface area contributed by atoms with Crippen molar-refractivity contribution in [3.8, 4) is 6.19 Å². The maximum Gasteiger partial charge on any atom is 0.303 e. The molecule has 1 aliphatic carbocycles. The van der Waals surface area contributed by atoms with Gasteiger partial charge < -0.3 is 15.7 Å². The summed E-state index contributed by atoms with van der Waals surface area (Å²) >= 11 is 0. The first-order chi connectivity index (χ1) is 15.1.